The molecule has 3 N–H and O–H groups in total. The minimum absolute atomic E-state index is 0.248. The van der Waals surface area contributed by atoms with E-state index >= 15 is 0 Å². The highest BCUT2D eigenvalue weighted by Crippen LogP contribution is 2.31. The Morgan fingerprint density at radius 2 is 1.86 bits per heavy atom. The first-order valence-corrected chi connectivity index (χ1v) is 12.5. The van der Waals surface area contributed by atoms with E-state index in [0.717, 1.165) is 56.1 Å². The fourth-order valence-electron chi connectivity index (χ4n) is 4.88. The first-order chi connectivity index (χ1) is 17.4. The smallest absolute Gasteiger partial charge is 0.324 e. The van der Waals surface area contributed by atoms with Gasteiger partial charge in [-0.25, -0.2) is 18.7 Å². The highest BCUT2D eigenvalue weighted by molar-refractivity contribution is 5.44. The maximum atomic E-state index is 14.3. The van der Waals surface area contributed by atoms with Gasteiger partial charge >= 0.3 is 6.01 Å². The van der Waals surface area contributed by atoms with E-state index in [1.165, 1.54) is 6.07 Å². The van der Waals surface area contributed by atoms with Crippen molar-refractivity contribution in [3.05, 3.63) is 53.6 Å². The number of halogens is 2. The Hall–Kier alpha value is -3.34. The third-order valence-electron chi connectivity index (χ3n) is 7.07. The number of nitrogens with one attached hydrogen (secondary N) is 1. The van der Waals surface area contributed by atoms with Crippen LogP contribution in [0.15, 0.2) is 35.1 Å². The van der Waals surface area contributed by atoms with Gasteiger partial charge in [-0.15, -0.1) is 0 Å². The predicted octanol–water partition coefficient (Wildman–Crippen LogP) is 3.52. The molecule has 2 fully saturated rings. The molecule has 2 aromatic heterocycles. The fraction of sp³-hybridized carbons (Fsp3) is 0.520. The number of nitrogens with zero attached hydrogens (tertiary/aromatic N) is 6. The van der Waals surface area contributed by atoms with Gasteiger partial charge in [0.05, 0.1) is 18.1 Å². The Balaban J connectivity index is 1.11. The molecule has 9 nitrogen and oxygen atoms in total. The molecule has 2 aliphatic heterocycles. The molecule has 5 rings (SSSR count). The van der Waals surface area contributed by atoms with Gasteiger partial charge in [0.15, 0.2) is 5.82 Å². The van der Waals surface area contributed by atoms with Crippen molar-refractivity contribution in [2.24, 2.45) is 11.7 Å². The molecule has 2 saturated heterocycles. The second kappa shape index (κ2) is 10.3. The molecular weight excluding hydrogens is 466 g/mol. The van der Waals surface area contributed by atoms with Crippen molar-refractivity contribution in [2.75, 3.05) is 47.8 Å². The molecule has 0 bridgehead atoms. The normalized spacial score (nSPS) is 20.9. The van der Waals surface area contributed by atoms with E-state index in [-0.39, 0.29) is 17.9 Å². The zero-order valence-electron chi connectivity index (χ0n) is 20.6. The van der Waals surface area contributed by atoms with Crippen LogP contribution in [-0.4, -0.2) is 58.9 Å². The molecule has 0 aliphatic carbocycles. The molecule has 0 radical (unpaired) electrons. The average molecular weight is 499 g/mol. The number of piperidine rings is 1. The minimum atomic E-state index is -0.468. The van der Waals surface area contributed by atoms with Crippen LogP contribution in [0.2, 0.25) is 0 Å². The van der Waals surface area contributed by atoms with Gasteiger partial charge in [-0.2, -0.15) is 4.98 Å². The second-order valence-corrected chi connectivity index (χ2v) is 10.0. The molecule has 0 saturated carbocycles. The third-order valence-corrected chi connectivity index (χ3v) is 7.07. The third kappa shape index (κ3) is 5.25. The molecule has 0 spiro atoms. The van der Waals surface area contributed by atoms with E-state index in [1.807, 2.05) is 18.7 Å². The number of benzene rings is 1. The van der Waals surface area contributed by atoms with Crippen molar-refractivity contribution in [1.82, 2.24) is 20.1 Å². The molecule has 0 amide bonds. The zero-order valence-corrected chi connectivity index (χ0v) is 20.6. The Morgan fingerprint density at radius 3 is 2.56 bits per heavy atom. The summed E-state index contributed by atoms with van der Waals surface area (Å²) in [4.78, 5) is 17.5. The van der Waals surface area contributed by atoms with Gasteiger partial charge in [-0.05, 0) is 42.5 Å². The van der Waals surface area contributed by atoms with E-state index in [0.29, 0.717) is 36.5 Å². The van der Waals surface area contributed by atoms with Gasteiger partial charge in [-0.1, -0.05) is 19.0 Å². The van der Waals surface area contributed by atoms with Gasteiger partial charge in [-0.3, -0.25) is 0 Å². The summed E-state index contributed by atoms with van der Waals surface area (Å²) in [6.45, 7) is 7.60. The van der Waals surface area contributed by atoms with Gasteiger partial charge in [0.2, 0.25) is 5.95 Å². The Kier molecular flexibility index (Phi) is 6.99. The van der Waals surface area contributed by atoms with Crippen LogP contribution >= 0.6 is 0 Å². The van der Waals surface area contributed by atoms with E-state index in [9.17, 15) is 8.78 Å². The fourth-order valence-corrected chi connectivity index (χ4v) is 4.88. The molecule has 2 unspecified atom stereocenters. The number of anilines is 3. The zero-order chi connectivity index (χ0) is 25.2. The summed E-state index contributed by atoms with van der Waals surface area (Å²) in [6, 6.07) is 3.77. The molecule has 3 aromatic rings. The molecule has 2 atom stereocenters. The monoisotopic (exact) mass is 498 g/mol. The van der Waals surface area contributed by atoms with Crippen LogP contribution in [0.4, 0.5) is 26.4 Å². The maximum Gasteiger partial charge on any atom is 0.324 e. The number of hydrogen-bond acceptors (Lipinski definition) is 9. The van der Waals surface area contributed by atoms with Gasteiger partial charge in [0, 0.05) is 50.6 Å². The van der Waals surface area contributed by atoms with Gasteiger partial charge in [0.1, 0.15) is 11.6 Å². The van der Waals surface area contributed by atoms with Crippen molar-refractivity contribution < 1.29 is 13.3 Å². The Bertz CT molecular complexity index is 1160. The standard InChI is InChI=1S/C25H32F2N8O/c1-15(2)23-32-25(36-33-23)34-7-5-16(6-8-34)10-29-18-11-30-24(31-12-18)35-13-20(22(28)14-35)19-9-17(26)3-4-21(19)27/h3-4,9,11-12,15-16,20,22,29H,5-8,10,13-14,28H2,1-2H3. The lowest BCUT2D eigenvalue weighted by Gasteiger charge is -2.30. The number of hydrogen-bond donors (Lipinski definition) is 2. The quantitative estimate of drug-likeness (QED) is 0.506. The van der Waals surface area contributed by atoms with E-state index in [4.69, 9.17) is 10.3 Å². The van der Waals surface area contributed by atoms with Crippen LogP contribution < -0.4 is 20.9 Å². The van der Waals surface area contributed by atoms with E-state index in [1.54, 1.807) is 12.4 Å². The molecule has 2 aliphatic rings. The minimum Gasteiger partial charge on any atom is -0.382 e. The topological polar surface area (TPSA) is 109 Å². The molecule has 192 valence electrons. The molecule has 11 heteroatoms. The van der Waals surface area contributed by atoms with Crippen molar-refractivity contribution in [1.29, 1.82) is 0 Å². The lowest BCUT2D eigenvalue weighted by molar-refractivity contribution is 0.367. The highest BCUT2D eigenvalue weighted by atomic mass is 19.1. The van der Waals surface area contributed by atoms with Crippen LogP contribution in [-0.2, 0) is 0 Å². The summed E-state index contributed by atoms with van der Waals surface area (Å²) in [5, 5.41) is 7.49. The van der Waals surface area contributed by atoms with Crippen LogP contribution in [0.1, 0.15) is 49.9 Å². The van der Waals surface area contributed by atoms with Crippen LogP contribution in [0.5, 0.6) is 0 Å². The number of aromatic nitrogens is 4. The van der Waals surface area contributed by atoms with Crippen molar-refractivity contribution in [3.8, 4) is 0 Å². The van der Waals surface area contributed by atoms with Gasteiger partial charge < -0.3 is 25.4 Å². The maximum absolute atomic E-state index is 14.3. The van der Waals surface area contributed by atoms with Crippen LogP contribution in [0.25, 0.3) is 0 Å². The molecule has 1 aromatic carbocycles. The van der Waals surface area contributed by atoms with Gasteiger partial charge in [0.25, 0.3) is 0 Å². The lowest BCUT2D eigenvalue weighted by atomic mass is 9.94. The van der Waals surface area contributed by atoms with Crippen molar-refractivity contribution in [3.63, 3.8) is 0 Å². The first-order valence-electron chi connectivity index (χ1n) is 12.5. The van der Waals surface area contributed by atoms with Crippen LogP contribution in [0.3, 0.4) is 0 Å². The Labute approximate surface area is 209 Å². The average Bonchev–Trinajstić information content (AvgIpc) is 3.52. The summed E-state index contributed by atoms with van der Waals surface area (Å²) in [7, 11) is 0. The molecule has 36 heavy (non-hydrogen) atoms. The largest absolute Gasteiger partial charge is 0.382 e. The SMILES string of the molecule is CC(C)c1noc(N2CCC(CNc3cnc(N4CC(N)C(c5cc(F)ccc5F)C4)nc3)CC2)n1. The summed E-state index contributed by atoms with van der Waals surface area (Å²) < 4.78 is 33.3. The summed E-state index contributed by atoms with van der Waals surface area (Å²) in [5.41, 5.74) is 7.41. The van der Waals surface area contributed by atoms with E-state index in [2.05, 4.69) is 30.3 Å². The summed E-state index contributed by atoms with van der Waals surface area (Å²) in [5.74, 6) is 0.808. The summed E-state index contributed by atoms with van der Waals surface area (Å²) in [6.07, 6.45) is 5.56. The van der Waals surface area contributed by atoms with Crippen molar-refractivity contribution >= 4 is 17.7 Å². The highest BCUT2D eigenvalue weighted by Gasteiger charge is 2.34. The lowest BCUT2D eigenvalue weighted by Crippen LogP contribution is -2.36. The second-order valence-electron chi connectivity index (χ2n) is 10.0. The van der Waals surface area contributed by atoms with Crippen LogP contribution in [0, 0.1) is 17.6 Å². The number of rotatable bonds is 7. The van der Waals surface area contributed by atoms with Crippen molar-refractivity contribution in [2.45, 2.75) is 44.6 Å². The Morgan fingerprint density at radius 1 is 1.11 bits per heavy atom. The number of nitrogens with two attached hydrogens (primary N) is 1. The predicted molar refractivity (Wildman–Crippen MR) is 133 cm³/mol. The molecular formula is C25H32F2N8O. The first kappa shape index (κ1) is 24.4. The molecule has 4 heterocycles. The summed E-state index contributed by atoms with van der Waals surface area (Å²) >= 11 is 0. The van der Waals surface area contributed by atoms with E-state index < -0.39 is 11.6 Å².